The quantitative estimate of drug-likeness (QED) is 0.417. The zero-order valence-electron chi connectivity index (χ0n) is 9.41. The van der Waals surface area contributed by atoms with Crippen LogP contribution < -0.4 is 16.0 Å². The summed E-state index contributed by atoms with van der Waals surface area (Å²) in [5.74, 6) is 0.207. The zero-order valence-corrected chi connectivity index (χ0v) is 11.0. The second-order valence-electron chi connectivity index (χ2n) is 2.96. The lowest BCUT2D eigenvalue weighted by molar-refractivity contribution is 0.870. The minimum Gasteiger partial charge on any atom is -0.359 e. The zero-order chi connectivity index (χ0) is 11.1. The molecule has 0 radical (unpaired) electrons. The maximum Gasteiger partial charge on any atom is 0.195 e. The minimum atomic E-state index is 0. The number of rotatable bonds is 2. The molecule has 7 heteroatoms. The predicted octanol–water partition coefficient (Wildman–Crippen LogP) is 1.30. The van der Waals surface area contributed by atoms with Gasteiger partial charge in [0.05, 0.1) is 0 Å². The van der Waals surface area contributed by atoms with Gasteiger partial charge < -0.3 is 10.6 Å². The van der Waals surface area contributed by atoms with Crippen molar-refractivity contribution in [3.63, 3.8) is 0 Å². The summed E-state index contributed by atoms with van der Waals surface area (Å²) in [6, 6.07) is 9.80. The Morgan fingerprint density at radius 1 is 1.06 bits per heavy atom. The summed E-state index contributed by atoms with van der Waals surface area (Å²) in [4.78, 5) is 0. The molecule has 0 heterocycles. The molecular weight excluding hydrogens is 261 g/mol. The lowest BCUT2D eigenvalue weighted by Crippen LogP contribution is -2.44. The van der Waals surface area contributed by atoms with Crippen molar-refractivity contribution in [3.8, 4) is 0 Å². The Hall–Kier alpha value is -1.46. The molecule has 0 spiro atoms. The molecule has 0 aliphatic carbocycles. The van der Waals surface area contributed by atoms with Gasteiger partial charge in [-0.25, -0.2) is 0 Å². The first-order valence-electron chi connectivity index (χ1n) is 4.62. The number of benzene rings is 1. The highest BCUT2D eigenvalue weighted by molar-refractivity contribution is 5.95. The van der Waals surface area contributed by atoms with Crippen molar-refractivity contribution in [1.29, 1.82) is 10.8 Å². The first-order chi connectivity index (χ1) is 7.22. The van der Waals surface area contributed by atoms with E-state index < -0.39 is 0 Å². The fraction of sp³-hybridized carbons (Fsp3) is 0.200. The lowest BCUT2D eigenvalue weighted by Gasteiger charge is -2.10. The van der Waals surface area contributed by atoms with Crippen molar-refractivity contribution in [2.24, 2.45) is 0 Å². The van der Waals surface area contributed by atoms with Crippen LogP contribution in [-0.4, -0.2) is 19.0 Å². The number of nitrogens with one attached hydrogen (secondary N) is 5. The van der Waals surface area contributed by atoms with Gasteiger partial charge in [-0.2, -0.15) is 0 Å². The SMILES string of the molecule is CNC(=N)NC(=N)NCc1ccccc1.Cl.Cl. The van der Waals surface area contributed by atoms with Gasteiger partial charge in [0.25, 0.3) is 0 Å². The van der Waals surface area contributed by atoms with E-state index in [2.05, 4.69) is 16.0 Å². The second-order valence-corrected chi connectivity index (χ2v) is 2.96. The molecule has 1 aromatic carbocycles. The van der Waals surface area contributed by atoms with Gasteiger partial charge in [0.15, 0.2) is 11.9 Å². The Morgan fingerprint density at radius 2 is 1.65 bits per heavy atom. The highest BCUT2D eigenvalue weighted by Crippen LogP contribution is 1.96. The van der Waals surface area contributed by atoms with E-state index in [1.807, 2.05) is 30.3 Å². The molecule has 1 rings (SSSR count). The average molecular weight is 278 g/mol. The first kappa shape index (κ1) is 17.9. The number of halogens is 2. The molecule has 0 atom stereocenters. The van der Waals surface area contributed by atoms with Crippen LogP contribution in [0.1, 0.15) is 5.56 Å². The average Bonchev–Trinajstić information content (AvgIpc) is 2.27. The van der Waals surface area contributed by atoms with Crippen LogP contribution in [0.2, 0.25) is 0 Å². The predicted molar refractivity (Wildman–Crippen MR) is 75.4 cm³/mol. The molecule has 0 saturated heterocycles. The number of hydrogen-bond donors (Lipinski definition) is 5. The first-order valence-corrected chi connectivity index (χ1v) is 4.62. The minimum absolute atomic E-state index is 0. The summed E-state index contributed by atoms with van der Waals surface area (Å²) in [7, 11) is 1.62. The summed E-state index contributed by atoms with van der Waals surface area (Å²) in [6.07, 6.45) is 0. The largest absolute Gasteiger partial charge is 0.359 e. The molecule has 0 aliphatic heterocycles. The highest BCUT2D eigenvalue weighted by Gasteiger charge is 1.97. The third kappa shape index (κ3) is 7.43. The maximum absolute atomic E-state index is 7.47. The normalized spacial score (nSPS) is 8.06. The Balaban J connectivity index is 0. The van der Waals surface area contributed by atoms with Gasteiger partial charge in [-0.05, 0) is 5.56 Å². The van der Waals surface area contributed by atoms with Gasteiger partial charge in [0.1, 0.15) is 0 Å². The smallest absolute Gasteiger partial charge is 0.195 e. The van der Waals surface area contributed by atoms with E-state index in [1.165, 1.54) is 0 Å². The molecule has 5 nitrogen and oxygen atoms in total. The summed E-state index contributed by atoms with van der Waals surface area (Å²) in [5, 5.41) is 22.7. The van der Waals surface area contributed by atoms with Gasteiger partial charge in [-0.3, -0.25) is 16.1 Å². The van der Waals surface area contributed by atoms with Gasteiger partial charge in [-0.1, -0.05) is 30.3 Å². The fourth-order valence-corrected chi connectivity index (χ4v) is 1.02. The molecule has 0 unspecified atom stereocenters. The van der Waals surface area contributed by atoms with Crippen LogP contribution in [0.3, 0.4) is 0 Å². The highest BCUT2D eigenvalue weighted by atomic mass is 35.5. The molecule has 17 heavy (non-hydrogen) atoms. The van der Waals surface area contributed by atoms with Crippen LogP contribution in [0.15, 0.2) is 30.3 Å². The lowest BCUT2D eigenvalue weighted by atomic mass is 10.2. The van der Waals surface area contributed by atoms with E-state index in [4.69, 9.17) is 10.8 Å². The molecule has 0 aromatic heterocycles. The van der Waals surface area contributed by atoms with Crippen molar-refractivity contribution in [2.45, 2.75) is 6.54 Å². The molecule has 0 amide bonds. The van der Waals surface area contributed by atoms with Crippen molar-refractivity contribution in [2.75, 3.05) is 7.05 Å². The van der Waals surface area contributed by atoms with Crippen LogP contribution in [-0.2, 0) is 6.54 Å². The van der Waals surface area contributed by atoms with E-state index >= 15 is 0 Å². The number of hydrogen-bond acceptors (Lipinski definition) is 2. The molecule has 1 aromatic rings. The Kier molecular flexibility index (Phi) is 10.3. The molecule has 0 saturated carbocycles. The van der Waals surface area contributed by atoms with Gasteiger partial charge >= 0.3 is 0 Å². The third-order valence-electron chi connectivity index (χ3n) is 1.81. The van der Waals surface area contributed by atoms with Crippen molar-refractivity contribution in [1.82, 2.24) is 16.0 Å². The molecule has 0 aliphatic rings. The van der Waals surface area contributed by atoms with Crippen LogP contribution in [0.4, 0.5) is 0 Å². The van der Waals surface area contributed by atoms with Gasteiger partial charge in [0.2, 0.25) is 0 Å². The summed E-state index contributed by atoms with van der Waals surface area (Å²) in [6.45, 7) is 0.573. The van der Waals surface area contributed by atoms with E-state index in [0.29, 0.717) is 6.54 Å². The van der Waals surface area contributed by atoms with Crippen molar-refractivity contribution >= 4 is 36.7 Å². The van der Waals surface area contributed by atoms with E-state index in [0.717, 1.165) is 5.56 Å². The molecule has 96 valence electrons. The molecule has 5 N–H and O–H groups in total. The Labute approximate surface area is 113 Å². The van der Waals surface area contributed by atoms with Crippen molar-refractivity contribution < 1.29 is 0 Å². The fourth-order valence-electron chi connectivity index (χ4n) is 1.02. The van der Waals surface area contributed by atoms with E-state index in [9.17, 15) is 0 Å². The molecular formula is C10H17Cl2N5. The third-order valence-corrected chi connectivity index (χ3v) is 1.81. The van der Waals surface area contributed by atoms with Crippen LogP contribution in [0.25, 0.3) is 0 Å². The molecule has 0 fully saturated rings. The topological polar surface area (TPSA) is 83.8 Å². The maximum atomic E-state index is 7.47. The summed E-state index contributed by atoms with van der Waals surface area (Å²) < 4.78 is 0. The van der Waals surface area contributed by atoms with E-state index in [-0.39, 0.29) is 36.7 Å². The standard InChI is InChI=1S/C10H15N5.2ClH/c1-13-9(11)15-10(12)14-7-8-5-3-2-4-6-8;;/h2-6H,7H2,1H3,(H5,11,12,13,14,15);2*1H. The molecule has 0 bridgehead atoms. The van der Waals surface area contributed by atoms with E-state index in [1.54, 1.807) is 7.05 Å². The monoisotopic (exact) mass is 277 g/mol. The Morgan fingerprint density at radius 3 is 2.18 bits per heavy atom. The van der Waals surface area contributed by atoms with Crippen molar-refractivity contribution in [3.05, 3.63) is 35.9 Å². The van der Waals surface area contributed by atoms with Crippen LogP contribution in [0.5, 0.6) is 0 Å². The van der Waals surface area contributed by atoms with Gasteiger partial charge in [0, 0.05) is 13.6 Å². The van der Waals surface area contributed by atoms with Crippen LogP contribution >= 0.6 is 24.8 Å². The summed E-state index contributed by atoms with van der Waals surface area (Å²) in [5.41, 5.74) is 1.10. The second kappa shape index (κ2) is 9.74. The summed E-state index contributed by atoms with van der Waals surface area (Å²) >= 11 is 0. The Bertz CT molecular complexity index is 342. The number of guanidine groups is 2. The van der Waals surface area contributed by atoms with Gasteiger partial charge in [-0.15, -0.1) is 24.8 Å². The van der Waals surface area contributed by atoms with Crippen LogP contribution in [0, 0.1) is 10.8 Å².